The number of anilines is 2. The summed E-state index contributed by atoms with van der Waals surface area (Å²) >= 11 is 6.02. The largest absolute Gasteiger partial charge is 0.453 e. The molecule has 0 unspecified atom stereocenters. The first-order valence-corrected chi connectivity index (χ1v) is 7.48. The lowest BCUT2D eigenvalue weighted by Crippen LogP contribution is -2.13. The molecule has 1 aliphatic carbocycles. The van der Waals surface area contributed by atoms with E-state index in [1.807, 2.05) is 6.07 Å². The Morgan fingerprint density at radius 2 is 2.14 bits per heavy atom. The van der Waals surface area contributed by atoms with Crippen molar-refractivity contribution in [1.29, 1.82) is 0 Å². The normalized spacial score (nSPS) is 13.9. The molecule has 5 nitrogen and oxygen atoms in total. The quantitative estimate of drug-likeness (QED) is 0.847. The third kappa shape index (κ3) is 3.61. The highest BCUT2D eigenvalue weighted by Gasteiger charge is 2.22. The highest BCUT2D eigenvalue weighted by atomic mass is 35.5. The number of halogens is 1. The molecule has 0 spiro atoms. The lowest BCUT2D eigenvalue weighted by Gasteiger charge is -2.12. The molecule has 22 heavy (non-hydrogen) atoms. The smallest absolute Gasteiger partial charge is 0.291 e. The number of ether oxygens (including phenoxy) is 1. The predicted molar refractivity (Wildman–Crippen MR) is 85.5 cm³/mol. The number of rotatable bonds is 6. The maximum absolute atomic E-state index is 12.3. The minimum absolute atomic E-state index is 0.240. The molecule has 1 heterocycles. The molecule has 2 aromatic rings. The van der Waals surface area contributed by atoms with Gasteiger partial charge < -0.3 is 19.8 Å². The molecule has 1 fully saturated rings. The monoisotopic (exact) mass is 320 g/mol. The number of benzene rings is 1. The van der Waals surface area contributed by atoms with E-state index in [-0.39, 0.29) is 11.7 Å². The van der Waals surface area contributed by atoms with Gasteiger partial charge in [-0.1, -0.05) is 11.6 Å². The molecule has 0 saturated heterocycles. The van der Waals surface area contributed by atoms with E-state index in [0.29, 0.717) is 29.1 Å². The van der Waals surface area contributed by atoms with Crippen LogP contribution >= 0.6 is 11.6 Å². The van der Waals surface area contributed by atoms with E-state index in [1.54, 1.807) is 31.4 Å². The van der Waals surface area contributed by atoms with E-state index < -0.39 is 0 Å². The molecule has 0 bridgehead atoms. The fraction of sp³-hybridized carbons (Fsp3) is 0.312. The van der Waals surface area contributed by atoms with Gasteiger partial charge in [0.05, 0.1) is 11.4 Å². The first-order valence-electron chi connectivity index (χ1n) is 7.11. The molecule has 116 valence electrons. The second kappa shape index (κ2) is 6.42. The van der Waals surface area contributed by atoms with Gasteiger partial charge in [-0.05, 0) is 43.2 Å². The summed E-state index contributed by atoms with van der Waals surface area (Å²) in [5.41, 5.74) is 1.51. The van der Waals surface area contributed by atoms with Crippen molar-refractivity contribution < 1.29 is 13.9 Å². The Hall–Kier alpha value is -1.98. The van der Waals surface area contributed by atoms with Crippen molar-refractivity contribution >= 4 is 28.9 Å². The average Bonchev–Trinajstić information content (AvgIpc) is 3.18. The second-order valence-electron chi connectivity index (χ2n) is 5.26. The summed E-state index contributed by atoms with van der Waals surface area (Å²) in [6, 6.07) is 9.22. The van der Waals surface area contributed by atoms with Gasteiger partial charge in [0.25, 0.3) is 5.91 Å². The van der Waals surface area contributed by atoms with Gasteiger partial charge in [0, 0.05) is 18.2 Å². The number of hydrogen-bond acceptors (Lipinski definition) is 4. The van der Waals surface area contributed by atoms with Crippen LogP contribution in [0.25, 0.3) is 0 Å². The Kier molecular flexibility index (Phi) is 4.36. The molecule has 1 aliphatic rings. The van der Waals surface area contributed by atoms with Crippen molar-refractivity contribution in [2.75, 3.05) is 17.7 Å². The van der Waals surface area contributed by atoms with E-state index >= 15 is 0 Å². The number of carbonyl (C=O) groups is 1. The van der Waals surface area contributed by atoms with Crippen molar-refractivity contribution in [2.45, 2.75) is 25.5 Å². The zero-order chi connectivity index (χ0) is 15.5. The van der Waals surface area contributed by atoms with Gasteiger partial charge in [0.2, 0.25) is 0 Å². The first-order chi connectivity index (χ1) is 10.7. The summed E-state index contributed by atoms with van der Waals surface area (Å²) in [7, 11) is 1.57. The van der Waals surface area contributed by atoms with E-state index in [2.05, 4.69) is 10.6 Å². The Morgan fingerprint density at radius 3 is 2.86 bits per heavy atom. The molecule has 0 radical (unpaired) electrons. The standard InChI is InChI=1S/C16H17ClN2O3/c1-21-9-12-5-7-15(22-12)16(20)19-14-8-10(17)2-6-13(14)18-11-3-4-11/h2,5-8,11,18H,3-4,9H2,1H3,(H,19,20). The number of hydrogen-bond donors (Lipinski definition) is 2. The van der Waals surface area contributed by atoms with Crippen molar-refractivity contribution in [3.05, 3.63) is 46.9 Å². The van der Waals surface area contributed by atoms with Crippen molar-refractivity contribution in [3.63, 3.8) is 0 Å². The predicted octanol–water partition coefficient (Wildman–Crippen LogP) is 3.91. The maximum Gasteiger partial charge on any atom is 0.291 e. The lowest BCUT2D eigenvalue weighted by molar-refractivity contribution is 0.0987. The number of furan rings is 1. The van der Waals surface area contributed by atoms with Crippen LogP contribution in [0.1, 0.15) is 29.2 Å². The zero-order valence-corrected chi connectivity index (χ0v) is 12.9. The minimum atomic E-state index is -0.316. The summed E-state index contributed by atoms with van der Waals surface area (Å²) in [6.07, 6.45) is 2.29. The number of methoxy groups -OCH3 is 1. The van der Waals surface area contributed by atoms with Crippen LogP contribution in [0.5, 0.6) is 0 Å². The van der Waals surface area contributed by atoms with E-state index in [9.17, 15) is 4.79 Å². The topological polar surface area (TPSA) is 63.5 Å². The molecule has 2 N–H and O–H groups in total. The van der Waals surface area contributed by atoms with Crippen LogP contribution in [0.2, 0.25) is 5.02 Å². The number of amides is 1. The van der Waals surface area contributed by atoms with Gasteiger partial charge in [-0.15, -0.1) is 0 Å². The second-order valence-corrected chi connectivity index (χ2v) is 5.70. The third-order valence-corrected chi connectivity index (χ3v) is 3.57. The number of nitrogens with one attached hydrogen (secondary N) is 2. The average molecular weight is 321 g/mol. The summed E-state index contributed by atoms with van der Waals surface area (Å²) in [5.74, 6) is 0.530. The maximum atomic E-state index is 12.3. The van der Waals surface area contributed by atoms with Crippen LogP contribution in [0.4, 0.5) is 11.4 Å². The molecular weight excluding hydrogens is 304 g/mol. The van der Waals surface area contributed by atoms with Crippen molar-refractivity contribution in [1.82, 2.24) is 0 Å². The molecule has 1 saturated carbocycles. The van der Waals surface area contributed by atoms with Gasteiger partial charge in [0.15, 0.2) is 5.76 Å². The lowest BCUT2D eigenvalue weighted by atomic mass is 10.2. The van der Waals surface area contributed by atoms with Crippen LogP contribution < -0.4 is 10.6 Å². The third-order valence-electron chi connectivity index (χ3n) is 3.34. The van der Waals surface area contributed by atoms with Gasteiger partial charge in [-0.2, -0.15) is 0 Å². The van der Waals surface area contributed by atoms with Crippen molar-refractivity contribution in [3.8, 4) is 0 Å². The summed E-state index contributed by atoms with van der Waals surface area (Å²) in [6.45, 7) is 0.332. The summed E-state index contributed by atoms with van der Waals surface area (Å²) < 4.78 is 10.4. The van der Waals surface area contributed by atoms with E-state index in [0.717, 1.165) is 18.5 Å². The van der Waals surface area contributed by atoms with E-state index in [4.69, 9.17) is 20.8 Å². The molecule has 1 aromatic carbocycles. The highest BCUT2D eigenvalue weighted by Crippen LogP contribution is 2.31. The van der Waals surface area contributed by atoms with Crippen LogP contribution in [-0.4, -0.2) is 19.1 Å². The fourth-order valence-corrected chi connectivity index (χ4v) is 2.27. The van der Waals surface area contributed by atoms with E-state index in [1.165, 1.54) is 0 Å². The van der Waals surface area contributed by atoms with Gasteiger partial charge in [-0.3, -0.25) is 4.79 Å². The van der Waals surface area contributed by atoms with Crippen LogP contribution in [0.3, 0.4) is 0 Å². The van der Waals surface area contributed by atoms with Gasteiger partial charge in [-0.25, -0.2) is 0 Å². The minimum Gasteiger partial charge on any atom is -0.453 e. The number of carbonyl (C=O) groups excluding carboxylic acids is 1. The van der Waals surface area contributed by atoms with Crippen molar-refractivity contribution in [2.24, 2.45) is 0 Å². The van der Waals surface area contributed by atoms with Crippen LogP contribution in [0, 0.1) is 0 Å². The summed E-state index contributed by atoms with van der Waals surface area (Å²) in [5, 5.41) is 6.77. The molecule has 6 heteroatoms. The fourth-order valence-electron chi connectivity index (χ4n) is 2.10. The Bertz CT molecular complexity index is 680. The Morgan fingerprint density at radius 1 is 1.32 bits per heavy atom. The Labute approximate surface area is 133 Å². The molecule has 0 atom stereocenters. The van der Waals surface area contributed by atoms with Gasteiger partial charge >= 0.3 is 0 Å². The van der Waals surface area contributed by atoms with Gasteiger partial charge in [0.1, 0.15) is 12.4 Å². The molecular formula is C16H17ClN2O3. The highest BCUT2D eigenvalue weighted by molar-refractivity contribution is 6.31. The summed E-state index contributed by atoms with van der Waals surface area (Å²) in [4.78, 5) is 12.3. The molecule has 1 aromatic heterocycles. The zero-order valence-electron chi connectivity index (χ0n) is 12.2. The van der Waals surface area contributed by atoms with Crippen LogP contribution in [0.15, 0.2) is 34.7 Å². The first kappa shape index (κ1) is 14.9. The molecule has 0 aliphatic heterocycles. The SMILES string of the molecule is COCc1ccc(C(=O)Nc2cc(Cl)ccc2NC2CC2)o1. The Balaban J connectivity index is 1.75. The molecule has 3 rings (SSSR count). The molecule has 1 amide bonds. The van der Waals surface area contributed by atoms with Crippen LogP contribution in [-0.2, 0) is 11.3 Å².